The summed E-state index contributed by atoms with van der Waals surface area (Å²) >= 11 is 7.34. The lowest BCUT2D eigenvalue weighted by molar-refractivity contribution is 0.0735. The largest absolute Gasteiger partial charge is 0.336 e. The molecule has 1 saturated heterocycles. The lowest BCUT2D eigenvalue weighted by atomic mass is 10.0. The number of allylic oxidation sites excluding steroid dienone is 1. The van der Waals surface area contributed by atoms with Gasteiger partial charge in [0.2, 0.25) is 0 Å². The number of nitrogens with zero attached hydrogens (tertiary/aromatic N) is 3. The molecule has 10 heteroatoms. The van der Waals surface area contributed by atoms with Gasteiger partial charge in [-0.15, -0.1) is 11.3 Å². The zero-order valence-corrected chi connectivity index (χ0v) is 22.5. The summed E-state index contributed by atoms with van der Waals surface area (Å²) in [6, 6.07) is 12.1. The Morgan fingerprint density at radius 3 is 2.53 bits per heavy atom. The van der Waals surface area contributed by atoms with Crippen molar-refractivity contribution in [1.29, 1.82) is 0 Å². The smallest absolute Gasteiger partial charge is 0.272 e. The fourth-order valence-electron chi connectivity index (χ4n) is 4.39. The number of pyridine rings is 2. The van der Waals surface area contributed by atoms with Gasteiger partial charge in [-0.1, -0.05) is 29.3 Å². The van der Waals surface area contributed by atoms with Gasteiger partial charge >= 0.3 is 0 Å². The van der Waals surface area contributed by atoms with Crippen LogP contribution in [0.15, 0.2) is 69.2 Å². The molecule has 0 aliphatic carbocycles. The molecule has 1 aliphatic heterocycles. The highest BCUT2D eigenvalue weighted by Crippen LogP contribution is 2.30. The van der Waals surface area contributed by atoms with E-state index >= 15 is 0 Å². The van der Waals surface area contributed by atoms with E-state index in [1.807, 2.05) is 31.4 Å². The van der Waals surface area contributed by atoms with Crippen LogP contribution in [-0.2, 0) is 0 Å². The minimum atomic E-state index is -0.434. The maximum Gasteiger partial charge on any atom is 0.272 e. The summed E-state index contributed by atoms with van der Waals surface area (Å²) in [6.45, 7) is 6.24. The van der Waals surface area contributed by atoms with Crippen molar-refractivity contribution in [3.63, 3.8) is 0 Å². The van der Waals surface area contributed by atoms with Gasteiger partial charge in [-0.3, -0.25) is 19.0 Å². The first-order valence-electron chi connectivity index (χ1n) is 12.2. The molecule has 194 valence electrons. The van der Waals surface area contributed by atoms with Gasteiger partial charge in [-0.25, -0.2) is 4.98 Å². The SMILES string of the molecule is CC(C)=Cc1c(C(=O)N2CCNCC2)cc(-c2nc(-c3ccc(Cl)cc3)cs2)c(=O)n1-c1ccc[nH]c1=O. The van der Waals surface area contributed by atoms with E-state index in [4.69, 9.17) is 16.6 Å². The van der Waals surface area contributed by atoms with E-state index in [9.17, 15) is 14.4 Å². The molecule has 0 saturated carbocycles. The van der Waals surface area contributed by atoms with Crippen LogP contribution in [0.25, 0.3) is 33.6 Å². The number of benzene rings is 1. The predicted octanol–water partition coefficient (Wildman–Crippen LogP) is 4.44. The Labute approximate surface area is 228 Å². The highest BCUT2D eigenvalue weighted by Gasteiger charge is 2.26. The van der Waals surface area contributed by atoms with Crippen molar-refractivity contribution in [1.82, 2.24) is 24.8 Å². The molecule has 0 spiro atoms. The number of H-pyrrole nitrogens is 1. The summed E-state index contributed by atoms with van der Waals surface area (Å²) in [6.07, 6.45) is 3.28. The molecule has 4 heterocycles. The Bertz CT molecular complexity index is 1640. The third-order valence-corrected chi connectivity index (χ3v) is 7.34. The Kier molecular flexibility index (Phi) is 7.42. The van der Waals surface area contributed by atoms with Crippen LogP contribution in [-0.4, -0.2) is 51.5 Å². The topological polar surface area (TPSA) is 100 Å². The molecule has 2 N–H and O–H groups in total. The molecule has 1 aromatic carbocycles. The van der Waals surface area contributed by atoms with E-state index in [-0.39, 0.29) is 17.2 Å². The Morgan fingerprint density at radius 2 is 1.84 bits per heavy atom. The number of carbonyl (C=O) groups is 1. The van der Waals surface area contributed by atoms with Crippen molar-refractivity contribution in [2.24, 2.45) is 0 Å². The van der Waals surface area contributed by atoms with Crippen LogP contribution < -0.4 is 16.4 Å². The fraction of sp³-hybridized carbons (Fsp3) is 0.214. The average molecular weight is 548 g/mol. The van der Waals surface area contributed by atoms with Crippen molar-refractivity contribution in [3.8, 4) is 27.5 Å². The minimum absolute atomic E-state index is 0.135. The lowest BCUT2D eigenvalue weighted by Crippen LogP contribution is -2.47. The molecule has 1 fully saturated rings. The molecule has 4 aromatic rings. The van der Waals surface area contributed by atoms with Gasteiger partial charge in [-0.2, -0.15) is 0 Å². The first-order chi connectivity index (χ1) is 18.3. The first-order valence-corrected chi connectivity index (χ1v) is 13.4. The van der Waals surface area contributed by atoms with Crippen LogP contribution in [0.1, 0.15) is 29.9 Å². The van der Waals surface area contributed by atoms with Crippen molar-refractivity contribution in [2.75, 3.05) is 26.2 Å². The van der Waals surface area contributed by atoms with Gasteiger partial charge in [0, 0.05) is 48.3 Å². The zero-order valence-electron chi connectivity index (χ0n) is 21.0. The number of carbonyl (C=O) groups excluding carboxylic acids is 1. The third-order valence-electron chi connectivity index (χ3n) is 6.21. The lowest BCUT2D eigenvalue weighted by Gasteiger charge is -2.28. The zero-order chi connectivity index (χ0) is 26.8. The van der Waals surface area contributed by atoms with Crippen LogP contribution in [0.3, 0.4) is 0 Å². The maximum atomic E-state index is 14.1. The Balaban J connectivity index is 1.77. The van der Waals surface area contributed by atoms with Crippen molar-refractivity contribution < 1.29 is 4.79 Å². The number of hydrogen-bond acceptors (Lipinski definition) is 6. The standard InChI is InChI=1S/C28H26ClN5O3S/c1-17(2)14-24-20(27(36)33-12-10-30-11-13-33)15-21(28(37)34(24)23-4-3-9-31-25(23)35)26-32-22(16-38-26)18-5-7-19(29)8-6-18/h3-9,14-16,30H,10-13H2,1-2H3,(H,31,35). The number of aromatic amines is 1. The van der Waals surface area contributed by atoms with Crippen molar-refractivity contribution in [2.45, 2.75) is 13.8 Å². The van der Waals surface area contributed by atoms with E-state index in [1.54, 1.807) is 41.3 Å². The van der Waals surface area contributed by atoms with Crippen LogP contribution in [0.5, 0.6) is 0 Å². The van der Waals surface area contributed by atoms with E-state index < -0.39 is 11.1 Å². The van der Waals surface area contributed by atoms with Crippen LogP contribution in [0.4, 0.5) is 0 Å². The number of hydrogen-bond donors (Lipinski definition) is 2. The van der Waals surface area contributed by atoms with Crippen molar-refractivity contribution in [3.05, 3.63) is 96.6 Å². The average Bonchev–Trinajstić information content (AvgIpc) is 3.40. The number of amides is 1. The molecule has 1 amide bonds. The molecule has 5 rings (SSSR count). The van der Waals surface area contributed by atoms with Crippen LogP contribution >= 0.6 is 22.9 Å². The monoisotopic (exact) mass is 547 g/mol. The number of thiazole rings is 1. The Morgan fingerprint density at radius 1 is 1.11 bits per heavy atom. The highest BCUT2D eigenvalue weighted by molar-refractivity contribution is 7.13. The second-order valence-electron chi connectivity index (χ2n) is 9.19. The number of piperazine rings is 1. The second kappa shape index (κ2) is 10.9. The molecular formula is C28H26ClN5O3S. The maximum absolute atomic E-state index is 14.1. The van der Waals surface area contributed by atoms with Gasteiger partial charge in [0.1, 0.15) is 10.7 Å². The molecule has 3 aromatic heterocycles. The molecular weight excluding hydrogens is 522 g/mol. The quantitative estimate of drug-likeness (QED) is 0.385. The molecule has 1 aliphatic rings. The summed E-state index contributed by atoms with van der Waals surface area (Å²) in [5.41, 5.74) is 2.66. The van der Waals surface area contributed by atoms with Gasteiger partial charge in [0.15, 0.2) is 0 Å². The van der Waals surface area contributed by atoms with Gasteiger partial charge in [0.05, 0.1) is 22.5 Å². The molecule has 0 atom stereocenters. The summed E-state index contributed by atoms with van der Waals surface area (Å²) in [5, 5.41) is 6.19. The van der Waals surface area contributed by atoms with Crippen LogP contribution in [0, 0.1) is 0 Å². The number of rotatable bonds is 5. The predicted molar refractivity (Wildman–Crippen MR) is 152 cm³/mol. The molecule has 8 nitrogen and oxygen atoms in total. The minimum Gasteiger partial charge on any atom is -0.336 e. The fourth-order valence-corrected chi connectivity index (χ4v) is 5.35. The number of halogens is 1. The summed E-state index contributed by atoms with van der Waals surface area (Å²) in [4.78, 5) is 50.0. The highest BCUT2D eigenvalue weighted by atomic mass is 35.5. The van der Waals surface area contributed by atoms with E-state index in [2.05, 4.69) is 10.3 Å². The van der Waals surface area contributed by atoms with Gasteiger partial charge in [0.25, 0.3) is 17.0 Å². The summed E-state index contributed by atoms with van der Waals surface area (Å²) in [7, 11) is 0. The normalized spacial score (nSPS) is 13.4. The molecule has 0 unspecified atom stereocenters. The number of nitrogens with one attached hydrogen (secondary N) is 2. The van der Waals surface area contributed by atoms with E-state index in [1.165, 1.54) is 22.1 Å². The molecule has 0 bridgehead atoms. The van der Waals surface area contributed by atoms with Crippen LogP contribution in [0.2, 0.25) is 5.02 Å². The second-order valence-corrected chi connectivity index (χ2v) is 10.5. The van der Waals surface area contributed by atoms with Crippen molar-refractivity contribution >= 4 is 34.9 Å². The van der Waals surface area contributed by atoms with E-state index in [0.717, 1.165) is 11.1 Å². The first kappa shape index (κ1) is 25.8. The Hall–Kier alpha value is -3.79. The van der Waals surface area contributed by atoms with Gasteiger partial charge in [-0.05, 0) is 50.3 Å². The van der Waals surface area contributed by atoms with E-state index in [0.29, 0.717) is 53.2 Å². The third kappa shape index (κ3) is 5.13. The van der Waals surface area contributed by atoms with Gasteiger partial charge < -0.3 is 15.2 Å². The molecule has 0 radical (unpaired) electrons. The summed E-state index contributed by atoms with van der Waals surface area (Å²) < 4.78 is 1.33. The molecule has 38 heavy (non-hydrogen) atoms. The number of aromatic nitrogens is 3. The summed E-state index contributed by atoms with van der Waals surface area (Å²) in [5.74, 6) is -0.198.